The van der Waals surface area contributed by atoms with Crippen LogP contribution in [0.2, 0.25) is 0 Å². The van der Waals surface area contributed by atoms with Crippen molar-refractivity contribution in [2.45, 2.75) is 32.2 Å². The normalized spacial score (nSPS) is 15.1. The molecule has 6 heteroatoms. The molecule has 1 aromatic carbocycles. The van der Waals surface area contributed by atoms with Crippen molar-refractivity contribution in [3.05, 3.63) is 29.3 Å². The molecule has 2 atom stereocenters. The summed E-state index contributed by atoms with van der Waals surface area (Å²) in [6.45, 7) is 3.06. The fourth-order valence-electron chi connectivity index (χ4n) is 1.71. The predicted molar refractivity (Wildman–Crippen MR) is 66.2 cm³/mol. The van der Waals surface area contributed by atoms with Gasteiger partial charge in [0.2, 0.25) is 0 Å². The highest BCUT2D eigenvalue weighted by Crippen LogP contribution is 2.26. The smallest absolute Gasteiger partial charge is 0.415 e. The van der Waals surface area contributed by atoms with Gasteiger partial charge in [-0.05, 0) is 19.9 Å². The highest BCUT2D eigenvalue weighted by molar-refractivity contribution is 5.38. The summed E-state index contributed by atoms with van der Waals surface area (Å²) in [5.74, 6) is 0.604. The molecule has 1 aromatic rings. The molecule has 0 heterocycles. The number of benzene rings is 1. The first-order chi connectivity index (χ1) is 8.75. The Labute approximate surface area is 110 Å². The minimum Gasteiger partial charge on any atom is -0.496 e. The third kappa shape index (κ3) is 4.40. The van der Waals surface area contributed by atoms with E-state index in [9.17, 15) is 13.2 Å². The van der Waals surface area contributed by atoms with Gasteiger partial charge >= 0.3 is 6.18 Å². The van der Waals surface area contributed by atoms with Crippen LogP contribution >= 0.6 is 0 Å². The number of methoxy groups -OCH3 is 1. The molecule has 108 valence electrons. The lowest BCUT2D eigenvalue weighted by Gasteiger charge is -2.21. The van der Waals surface area contributed by atoms with Crippen LogP contribution in [-0.4, -0.2) is 31.0 Å². The van der Waals surface area contributed by atoms with Gasteiger partial charge in [0.25, 0.3) is 0 Å². The molecule has 0 fully saturated rings. The van der Waals surface area contributed by atoms with Crippen molar-refractivity contribution in [1.29, 1.82) is 0 Å². The van der Waals surface area contributed by atoms with E-state index in [4.69, 9.17) is 9.84 Å². The molecule has 0 aliphatic heterocycles. The van der Waals surface area contributed by atoms with E-state index in [1.54, 1.807) is 13.0 Å². The summed E-state index contributed by atoms with van der Waals surface area (Å²) in [5, 5.41) is 11.6. The van der Waals surface area contributed by atoms with Crippen LogP contribution < -0.4 is 10.1 Å². The number of hydrogen-bond donors (Lipinski definition) is 2. The third-order valence-electron chi connectivity index (χ3n) is 2.85. The number of alkyl halides is 3. The maximum atomic E-state index is 12.2. The Bertz CT molecular complexity index is 421. The Kier molecular flexibility index (Phi) is 5.20. The average molecular weight is 277 g/mol. The van der Waals surface area contributed by atoms with E-state index in [0.29, 0.717) is 5.75 Å². The largest absolute Gasteiger partial charge is 0.496 e. The molecule has 0 amide bonds. The van der Waals surface area contributed by atoms with Gasteiger partial charge in [0.1, 0.15) is 5.75 Å². The van der Waals surface area contributed by atoms with Gasteiger partial charge in [0.05, 0.1) is 7.11 Å². The summed E-state index contributed by atoms with van der Waals surface area (Å²) in [6.07, 6.45) is -6.98. The Hall–Kier alpha value is -1.27. The summed E-state index contributed by atoms with van der Waals surface area (Å²) in [7, 11) is 1.51. The molecule has 0 saturated carbocycles. The number of ether oxygens (including phenoxy) is 1. The summed E-state index contributed by atoms with van der Waals surface area (Å²) in [4.78, 5) is 0. The molecule has 0 spiro atoms. The van der Waals surface area contributed by atoms with Crippen LogP contribution in [0, 0.1) is 6.92 Å². The van der Waals surface area contributed by atoms with Gasteiger partial charge in [-0.15, -0.1) is 0 Å². The fraction of sp³-hybridized carbons (Fsp3) is 0.538. The van der Waals surface area contributed by atoms with Crippen molar-refractivity contribution in [2.75, 3.05) is 13.7 Å². The molecule has 2 N–H and O–H groups in total. The fourth-order valence-corrected chi connectivity index (χ4v) is 1.71. The summed E-state index contributed by atoms with van der Waals surface area (Å²) >= 11 is 0. The van der Waals surface area contributed by atoms with Gasteiger partial charge in [-0.1, -0.05) is 17.7 Å². The number of halogens is 3. The van der Waals surface area contributed by atoms with Gasteiger partial charge in [0.15, 0.2) is 6.10 Å². The number of aryl methyl sites for hydroxylation is 1. The van der Waals surface area contributed by atoms with Crippen LogP contribution in [0.4, 0.5) is 13.2 Å². The van der Waals surface area contributed by atoms with Gasteiger partial charge in [0, 0.05) is 18.2 Å². The zero-order valence-electron chi connectivity index (χ0n) is 11.1. The average Bonchev–Trinajstić information content (AvgIpc) is 2.34. The molecule has 3 nitrogen and oxygen atoms in total. The summed E-state index contributed by atoms with van der Waals surface area (Å²) < 4.78 is 41.8. The number of aliphatic hydroxyl groups is 1. The van der Waals surface area contributed by atoms with Crippen molar-refractivity contribution in [3.8, 4) is 5.75 Å². The zero-order chi connectivity index (χ0) is 14.6. The van der Waals surface area contributed by atoms with E-state index in [1.165, 1.54) is 7.11 Å². The number of hydrogen-bond acceptors (Lipinski definition) is 3. The first-order valence-electron chi connectivity index (χ1n) is 5.88. The van der Waals surface area contributed by atoms with Crippen LogP contribution in [0.25, 0.3) is 0 Å². The third-order valence-corrected chi connectivity index (χ3v) is 2.85. The minimum absolute atomic E-state index is 0.355. The monoisotopic (exact) mass is 277 g/mol. The molecule has 0 aliphatic rings. The number of aliphatic hydroxyl groups excluding tert-OH is 1. The van der Waals surface area contributed by atoms with Crippen molar-refractivity contribution in [3.63, 3.8) is 0 Å². The Morgan fingerprint density at radius 1 is 1.37 bits per heavy atom. The summed E-state index contributed by atoms with van der Waals surface area (Å²) in [6, 6.07) is 5.12. The van der Waals surface area contributed by atoms with Crippen molar-refractivity contribution >= 4 is 0 Å². The van der Waals surface area contributed by atoms with Crippen molar-refractivity contribution in [1.82, 2.24) is 5.32 Å². The molecule has 2 unspecified atom stereocenters. The van der Waals surface area contributed by atoms with Gasteiger partial charge in [-0.25, -0.2) is 0 Å². The standard InChI is InChI=1S/C13H18F3NO2/c1-8-4-5-11(19-3)10(6-8)9(2)17-7-12(18)13(14,15)16/h4-6,9,12,17-18H,7H2,1-3H3. The minimum atomic E-state index is -4.61. The lowest BCUT2D eigenvalue weighted by molar-refractivity contribution is -0.202. The van der Waals surface area contributed by atoms with Crippen LogP contribution in [0.15, 0.2) is 18.2 Å². The van der Waals surface area contributed by atoms with E-state index in [1.807, 2.05) is 19.1 Å². The van der Waals surface area contributed by atoms with Gasteiger partial charge < -0.3 is 15.2 Å². The maximum Gasteiger partial charge on any atom is 0.415 e. The predicted octanol–water partition coefficient (Wildman–Crippen LogP) is 2.58. The molecule has 1 rings (SSSR count). The Balaban J connectivity index is 2.73. The topological polar surface area (TPSA) is 41.5 Å². The quantitative estimate of drug-likeness (QED) is 0.869. The lowest BCUT2D eigenvalue weighted by atomic mass is 10.0. The summed E-state index contributed by atoms with van der Waals surface area (Å²) in [5.41, 5.74) is 1.75. The van der Waals surface area contributed by atoms with E-state index in [2.05, 4.69) is 5.32 Å². The highest BCUT2D eigenvalue weighted by atomic mass is 19.4. The van der Waals surface area contributed by atoms with Crippen LogP contribution in [-0.2, 0) is 0 Å². The first kappa shape index (κ1) is 15.8. The zero-order valence-corrected chi connectivity index (χ0v) is 11.1. The van der Waals surface area contributed by atoms with Crippen LogP contribution in [0.3, 0.4) is 0 Å². The Morgan fingerprint density at radius 2 is 2.00 bits per heavy atom. The second-order valence-corrected chi connectivity index (χ2v) is 4.43. The SMILES string of the molecule is COc1ccc(C)cc1C(C)NCC(O)C(F)(F)F. The van der Waals surface area contributed by atoms with Crippen molar-refractivity contribution < 1.29 is 23.0 Å². The molecule has 0 radical (unpaired) electrons. The van der Waals surface area contributed by atoms with Crippen molar-refractivity contribution in [2.24, 2.45) is 0 Å². The molecule has 0 saturated heterocycles. The van der Waals surface area contributed by atoms with E-state index in [-0.39, 0.29) is 6.04 Å². The number of nitrogens with one attached hydrogen (secondary N) is 1. The molecular formula is C13H18F3NO2. The number of rotatable bonds is 5. The second kappa shape index (κ2) is 6.25. The van der Waals surface area contributed by atoms with E-state index < -0.39 is 18.8 Å². The van der Waals surface area contributed by atoms with Crippen LogP contribution in [0.1, 0.15) is 24.1 Å². The first-order valence-corrected chi connectivity index (χ1v) is 5.88. The molecule has 0 bridgehead atoms. The molecular weight excluding hydrogens is 259 g/mol. The highest BCUT2D eigenvalue weighted by Gasteiger charge is 2.38. The van der Waals surface area contributed by atoms with E-state index >= 15 is 0 Å². The second-order valence-electron chi connectivity index (χ2n) is 4.43. The lowest BCUT2D eigenvalue weighted by Crippen LogP contribution is -2.39. The molecule has 0 aliphatic carbocycles. The Morgan fingerprint density at radius 3 is 2.53 bits per heavy atom. The molecule has 19 heavy (non-hydrogen) atoms. The van der Waals surface area contributed by atoms with Gasteiger partial charge in [-0.3, -0.25) is 0 Å². The van der Waals surface area contributed by atoms with E-state index in [0.717, 1.165) is 11.1 Å². The molecule has 0 aromatic heterocycles. The maximum absolute atomic E-state index is 12.2. The van der Waals surface area contributed by atoms with Crippen LogP contribution in [0.5, 0.6) is 5.75 Å². The van der Waals surface area contributed by atoms with Gasteiger partial charge in [-0.2, -0.15) is 13.2 Å².